The molecule has 0 aliphatic carbocycles. The van der Waals surface area contributed by atoms with E-state index in [2.05, 4.69) is 40.0 Å². The Balaban J connectivity index is 2.27. The van der Waals surface area contributed by atoms with Crippen molar-refractivity contribution < 1.29 is 0 Å². The molecule has 0 radical (unpaired) electrons. The summed E-state index contributed by atoms with van der Waals surface area (Å²) in [7, 11) is 0. The number of pyridine rings is 1. The number of hydrogen-bond acceptors (Lipinski definition) is 2. The second kappa shape index (κ2) is 4.14. The maximum absolute atomic E-state index is 5.95. The first kappa shape index (κ1) is 11.3. The molecule has 0 amide bonds. The monoisotopic (exact) mass is 301 g/mol. The Morgan fingerprint density at radius 3 is 2.56 bits per heavy atom. The lowest BCUT2D eigenvalue weighted by Crippen LogP contribution is -1.92. The van der Waals surface area contributed by atoms with Crippen molar-refractivity contribution in [1.29, 1.82) is 0 Å². The summed E-state index contributed by atoms with van der Waals surface area (Å²) in [6.45, 7) is 2.05. The Morgan fingerprint density at radius 2 is 1.89 bits per heavy atom. The fourth-order valence-electron chi connectivity index (χ4n) is 2.09. The van der Waals surface area contributed by atoms with Crippen molar-refractivity contribution in [2.75, 3.05) is 5.73 Å². The first-order valence-electron chi connectivity index (χ1n) is 5.66. The molecule has 1 aromatic carbocycles. The van der Waals surface area contributed by atoms with Crippen molar-refractivity contribution in [1.82, 2.24) is 9.38 Å². The number of nitrogen functional groups attached to an aromatic ring is 1. The maximum atomic E-state index is 5.95. The average molecular weight is 302 g/mol. The van der Waals surface area contributed by atoms with E-state index in [1.54, 1.807) is 0 Å². The van der Waals surface area contributed by atoms with Gasteiger partial charge in [0.2, 0.25) is 0 Å². The lowest BCUT2D eigenvalue weighted by molar-refractivity contribution is 1.11. The standard InChI is InChI=1S/C14H12BrN3/c1-9-13(10-4-6-11(15)7-5-10)17-14-12(16)3-2-8-18(9)14/h2-8H,16H2,1H3. The van der Waals surface area contributed by atoms with Crippen molar-refractivity contribution in [2.45, 2.75) is 6.92 Å². The smallest absolute Gasteiger partial charge is 0.160 e. The van der Waals surface area contributed by atoms with Crippen molar-refractivity contribution in [3.8, 4) is 11.3 Å². The van der Waals surface area contributed by atoms with Gasteiger partial charge in [-0.3, -0.25) is 0 Å². The number of nitrogens with zero attached hydrogens (tertiary/aromatic N) is 2. The van der Waals surface area contributed by atoms with Gasteiger partial charge in [0.1, 0.15) is 0 Å². The predicted molar refractivity (Wildman–Crippen MR) is 77.5 cm³/mol. The third-order valence-corrected chi connectivity index (χ3v) is 3.57. The largest absolute Gasteiger partial charge is 0.396 e. The molecule has 0 atom stereocenters. The van der Waals surface area contributed by atoms with E-state index in [4.69, 9.17) is 5.73 Å². The molecule has 0 fully saturated rings. The Morgan fingerprint density at radius 1 is 1.17 bits per heavy atom. The van der Waals surface area contributed by atoms with Crippen molar-refractivity contribution in [3.05, 3.63) is 52.8 Å². The van der Waals surface area contributed by atoms with Gasteiger partial charge in [-0.2, -0.15) is 0 Å². The van der Waals surface area contributed by atoms with E-state index in [1.165, 1.54) is 0 Å². The topological polar surface area (TPSA) is 43.3 Å². The van der Waals surface area contributed by atoms with Gasteiger partial charge in [0.15, 0.2) is 5.65 Å². The number of halogens is 1. The van der Waals surface area contributed by atoms with Crippen LogP contribution in [0.1, 0.15) is 5.69 Å². The van der Waals surface area contributed by atoms with Gasteiger partial charge < -0.3 is 10.1 Å². The average Bonchev–Trinajstić information content (AvgIpc) is 2.70. The van der Waals surface area contributed by atoms with E-state index in [-0.39, 0.29) is 0 Å². The van der Waals surface area contributed by atoms with Crippen LogP contribution in [0.15, 0.2) is 47.1 Å². The normalized spacial score (nSPS) is 11.0. The molecule has 0 unspecified atom stereocenters. The lowest BCUT2D eigenvalue weighted by Gasteiger charge is -2.00. The molecule has 0 saturated heterocycles. The highest BCUT2D eigenvalue weighted by atomic mass is 79.9. The molecule has 0 aliphatic heterocycles. The van der Waals surface area contributed by atoms with Crippen LogP contribution in [-0.2, 0) is 0 Å². The Hall–Kier alpha value is -1.81. The fourth-order valence-corrected chi connectivity index (χ4v) is 2.35. The van der Waals surface area contributed by atoms with Gasteiger partial charge >= 0.3 is 0 Å². The quantitative estimate of drug-likeness (QED) is 0.745. The summed E-state index contributed by atoms with van der Waals surface area (Å²) in [5, 5.41) is 0. The summed E-state index contributed by atoms with van der Waals surface area (Å²) in [6.07, 6.45) is 1.98. The minimum absolute atomic E-state index is 0.698. The van der Waals surface area contributed by atoms with E-state index in [0.29, 0.717) is 5.69 Å². The van der Waals surface area contributed by atoms with Crippen molar-refractivity contribution >= 4 is 27.3 Å². The molecule has 0 saturated carbocycles. The van der Waals surface area contributed by atoms with Crippen LogP contribution >= 0.6 is 15.9 Å². The summed E-state index contributed by atoms with van der Waals surface area (Å²) in [5.74, 6) is 0. The third-order valence-electron chi connectivity index (χ3n) is 3.04. The summed E-state index contributed by atoms with van der Waals surface area (Å²) in [6, 6.07) is 11.9. The maximum Gasteiger partial charge on any atom is 0.160 e. The molecule has 3 nitrogen and oxygen atoms in total. The van der Waals surface area contributed by atoms with E-state index < -0.39 is 0 Å². The number of aromatic nitrogens is 2. The van der Waals surface area contributed by atoms with Gasteiger partial charge in [0, 0.05) is 21.9 Å². The van der Waals surface area contributed by atoms with Gasteiger partial charge in [-0.05, 0) is 31.2 Å². The molecular weight excluding hydrogens is 290 g/mol. The summed E-state index contributed by atoms with van der Waals surface area (Å²) >= 11 is 3.44. The lowest BCUT2D eigenvalue weighted by atomic mass is 10.1. The molecular formula is C14H12BrN3. The molecule has 4 heteroatoms. The van der Waals surface area contributed by atoms with Crippen molar-refractivity contribution in [2.24, 2.45) is 0 Å². The highest BCUT2D eigenvalue weighted by Gasteiger charge is 2.11. The van der Waals surface area contributed by atoms with Crippen LogP contribution in [0.3, 0.4) is 0 Å². The van der Waals surface area contributed by atoms with E-state index >= 15 is 0 Å². The molecule has 0 bridgehead atoms. The molecule has 0 spiro atoms. The van der Waals surface area contributed by atoms with Crippen LogP contribution in [0.25, 0.3) is 16.9 Å². The summed E-state index contributed by atoms with van der Waals surface area (Å²) in [4.78, 5) is 4.63. The number of imidazole rings is 1. The minimum Gasteiger partial charge on any atom is -0.396 e. The second-order valence-electron chi connectivity index (χ2n) is 4.21. The highest BCUT2D eigenvalue weighted by molar-refractivity contribution is 9.10. The summed E-state index contributed by atoms with van der Waals surface area (Å²) in [5.41, 5.74) is 10.6. The Bertz CT molecular complexity index is 714. The zero-order valence-corrected chi connectivity index (χ0v) is 11.5. The molecule has 2 aromatic heterocycles. The Labute approximate surface area is 113 Å². The van der Waals surface area contributed by atoms with Crippen LogP contribution in [0.2, 0.25) is 0 Å². The van der Waals surface area contributed by atoms with Gasteiger partial charge in [-0.25, -0.2) is 4.98 Å². The number of anilines is 1. The van der Waals surface area contributed by atoms with Crippen LogP contribution in [0, 0.1) is 6.92 Å². The third kappa shape index (κ3) is 1.69. The van der Waals surface area contributed by atoms with Gasteiger partial charge in [0.05, 0.1) is 11.4 Å². The molecule has 90 valence electrons. The van der Waals surface area contributed by atoms with Crippen LogP contribution < -0.4 is 5.73 Å². The predicted octanol–water partition coefficient (Wildman–Crippen LogP) is 3.65. The first-order valence-corrected chi connectivity index (χ1v) is 6.45. The molecule has 2 heterocycles. The number of fused-ring (bicyclic) bond motifs is 1. The highest BCUT2D eigenvalue weighted by Crippen LogP contribution is 2.26. The number of hydrogen-bond donors (Lipinski definition) is 1. The molecule has 2 N–H and O–H groups in total. The van der Waals surface area contributed by atoms with Crippen LogP contribution in [0.5, 0.6) is 0 Å². The van der Waals surface area contributed by atoms with E-state index in [9.17, 15) is 0 Å². The van der Waals surface area contributed by atoms with Crippen LogP contribution in [-0.4, -0.2) is 9.38 Å². The van der Waals surface area contributed by atoms with Crippen LogP contribution in [0.4, 0.5) is 5.69 Å². The molecule has 18 heavy (non-hydrogen) atoms. The fraction of sp³-hybridized carbons (Fsp3) is 0.0714. The van der Waals surface area contributed by atoms with Gasteiger partial charge in [0.25, 0.3) is 0 Å². The minimum atomic E-state index is 0.698. The molecule has 3 rings (SSSR count). The number of aryl methyl sites for hydroxylation is 1. The first-order chi connectivity index (χ1) is 8.66. The molecule has 3 aromatic rings. The number of nitrogens with two attached hydrogens (primary N) is 1. The second-order valence-corrected chi connectivity index (χ2v) is 5.13. The zero-order valence-electron chi connectivity index (χ0n) is 9.89. The Kier molecular flexibility index (Phi) is 2.59. The van der Waals surface area contributed by atoms with E-state index in [0.717, 1.165) is 27.1 Å². The number of rotatable bonds is 1. The molecule has 0 aliphatic rings. The summed E-state index contributed by atoms with van der Waals surface area (Å²) < 4.78 is 3.08. The van der Waals surface area contributed by atoms with E-state index in [1.807, 2.05) is 34.9 Å². The van der Waals surface area contributed by atoms with Gasteiger partial charge in [-0.15, -0.1) is 0 Å². The van der Waals surface area contributed by atoms with Gasteiger partial charge in [-0.1, -0.05) is 28.1 Å². The SMILES string of the molecule is Cc1c(-c2ccc(Br)cc2)nc2c(N)cccn12. The van der Waals surface area contributed by atoms with Crippen molar-refractivity contribution in [3.63, 3.8) is 0 Å². The number of benzene rings is 1. The zero-order chi connectivity index (χ0) is 12.7.